The Bertz CT molecular complexity index is 892. The lowest BCUT2D eigenvalue weighted by Gasteiger charge is -2.10. The maximum absolute atomic E-state index is 14.1. The van der Waals surface area contributed by atoms with E-state index in [1.165, 1.54) is 24.4 Å². The molecular formula is C15H7F4N3O. The summed E-state index contributed by atoms with van der Waals surface area (Å²) in [7, 11) is 0. The number of halogens is 4. The van der Waals surface area contributed by atoms with Crippen molar-refractivity contribution in [3.05, 3.63) is 54.0 Å². The summed E-state index contributed by atoms with van der Waals surface area (Å²) in [5.74, 6) is -1.96. The van der Waals surface area contributed by atoms with Crippen molar-refractivity contribution >= 4 is 17.2 Å². The van der Waals surface area contributed by atoms with Crippen molar-refractivity contribution in [3.63, 3.8) is 0 Å². The normalized spacial score (nSPS) is 11.7. The molecule has 0 aliphatic rings. The van der Waals surface area contributed by atoms with Crippen LogP contribution in [0.5, 0.6) is 0 Å². The van der Waals surface area contributed by atoms with Crippen LogP contribution < -0.4 is 0 Å². The molecule has 2 heterocycles. The van der Waals surface area contributed by atoms with Crippen LogP contribution in [0.1, 0.15) is 16.2 Å². The molecule has 116 valence electrons. The van der Waals surface area contributed by atoms with Gasteiger partial charge in [0.25, 0.3) is 0 Å². The zero-order valence-electron chi connectivity index (χ0n) is 11.3. The molecule has 0 radical (unpaired) electrons. The lowest BCUT2D eigenvalue weighted by atomic mass is 9.99. The average Bonchev–Trinajstić information content (AvgIpc) is 2.53. The highest BCUT2D eigenvalue weighted by atomic mass is 19.4. The van der Waals surface area contributed by atoms with E-state index in [1.807, 2.05) is 0 Å². The molecule has 23 heavy (non-hydrogen) atoms. The number of benzene rings is 1. The summed E-state index contributed by atoms with van der Waals surface area (Å²) < 4.78 is 51.7. The van der Waals surface area contributed by atoms with E-state index in [0.29, 0.717) is 6.29 Å². The smallest absolute Gasteiger partial charge is 0.298 e. The van der Waals surface area contributed by atoms with E-state index < -0.39 is 17.8 Å². The molecule has 0 aliphatic carbocycles. The number of carbonyl (C=O) groups excluding carboxylic acids is 1. The van der Waals surface area contributed by atoms with Crippen LogP contribution in [-0.2, 0) is 6.18 Å². The molecule has 0 saturated carbocycles. The highest BCUT2D eigenvalue weighted by molar-refractivity contribution is 6.02. The van der Waals surface area contributed by atoms with Gasteiger partial charge in [-0.2, -0.15) is 13.2 Å². The molecule has 8 heteroatoms. The van der Waals surface area contributed by atoms with Gasteiger partial charge in [-0.25, -0.2) is 14.4 Å². The predicted molar refractivity (Wildman–Crippen MR) is 73.1 cm³/mol. The Kier molecular flexibility index (Phi) is 3.51. The highest BCUT2D eigenvalue weighted by Crippen LogP contribution is 2.32. The van der Waals surface area contributed by atoms with E-state index in [4.69, 9.17) is 0 Å². The maximum Gasteiger partial charge on any atom is 0.451 e. The van der Waals surface area contributed by atoms with Gasteiger partial charge in [0.2, 0.25) is 5.82 Å². The van der Waals surface area contributed by atoms with Crippen LogP contribution in [0.15, 0.2) is 36.8 Å². The van der Waals surface area contributed by atoms with E-state index >= 15 is 0 Å². The molecule has 0 aliphatic heterocycles. The molecule has 0 unspecified atom stereocenters. The van der Waals surface area contributed by atoms with Gasteiger partial charge in [0.05, 0.1) is 5.52 Å². The number of alkyl halides is 3. The van der Waals surface area contributed by atoms with Crippen molar-refractivity contribution in [3.8, 4) is 11.1 Å². The minimum absolute atomic E-state index is 0.0282. The topological polar surface area (TPSA) is 55.7 Å². The fourth-order valence-corrected chi connectivity index (χ4v) is 2.22. The van der Waals surface area contributed by atoms with Gasteiger partial charge in [-0.1, -0.05) is 6.07 Å². The third kappa shape index (κ3) is 2.63. The van der Waals surface area contributed by atoms with Crippen molar-refractivity contribution < 1.29 is 22.4 Å². The average molecular weight is 321 g/mol. The second-order valence-corrected chi connectivity index (χ2v) is 4.63. The van der Waals surface area contributed by atoms with Crippen LogP contribution in [0.4, 0.5) is 17.6 Å². The lowest BCUT2D eigenvalue weighted by Crippen LogP contribution is -2.10. The largest absolute Gasteiger partial charge is 0.451 e. The molecule has 0 bridgehead atoms. The fourth-order valence-electron chi connectivity index (χ4n) is 2.22. The minimum Gasteiger partial charge on any atom is -0.298 e. The first kappa shape index (κ1) is 15.0. The van der Waals surface area contributed by atoms with E-state index in [-0.39, 0.29) is 27.6 Å². The SMILES string of the molecule is O=Cc1cnc2cccc(F)c2c1-c1cnc(C(F)(F)F)nc1. The van der Waals surface area contributed by atoms with Gasteiger partial charge in [0, 0.05) is 40.7 Å². The van der Waals surface area contributed by atoms with Gasteiger partial charge >= 0.3 is 6.18 Å². The van der Waals surface area contributed by atoms with Gasteiger partial charge in [-0.05, 0) is 12.1 Å². The van der Waals surface area contributed by atoms with Crippen molar-refractivity contribution in [2.24, 2.45) is 0 Å². The Morgan fingerprint density at radius 2 is 1.70 bits per heavy atom. The summed E-state index contributed by atoms with van der Waals surface area (Å²) in [5, 5.41) is 0.0282. The Morgan fingerprint density at radius 1 is 1.00 bits per heavy atom. The molecule has 3 rings (SSSR count). The molecular weight excluding hydrogens is 314 g/mol. The molecule has 3 aromatic rings. The van der Waals surface area contributed by atoms with E-state index in [2.05, 4.69) is 15.0 Å². The Balaban J connectivity index is 2.28. The minimum atomic E-state index is -4.68. The third-order valence-electron chi connectivity index (χ3n) is 3.19. The first-order valence-corrected chi connectivity index (χ1v) is 6.34. The van der Waals surface area contributed by atoms with Crippen molar-refractivity contribution in [2.45, 2.75) is 6.18 Å². The summed E-state index contributed by atoms with van der Waals surface area (Å²) in [5.41, 5.74) is 0.505. The van der Waals surface area contributed by atoms with Gasteiger partial charge in [-0.3, -0.25) is 9.78 Å². The van der Waals surface area contributed by atoms with Gasteiger partial charge in [0.15, 0.2) is 6.29 Å². The zero-order chi connectivity index (χ0) is 16.6. The maximum atomic E-state index is 14.1. The lowest BCUT2D eigenvalue weighted by molar-refractivity contribution is -0.144. The summed E-state index contributed by atoms with van der Waals surface area (Å²) in [6, 6.07) is 4.15. The molecule has 0 spiro atoms. The molecule has 4 nitrogen and oxygen atoms in total. The first-order valence-electron chi connectivity index (χ1n) is 6.34. The predicted octanol–water partition coefficient (Wildman–Crippen LogP) is 3.66. The Labute approximate surface area is 126 Å². The van der Waals surface area contributed by atoms with E-state index in [1.54, 1.807) is 0 Å². The number of aldehydes is 1. The number of hydrogen-bond acceptors (Lipinski definition) is 4. The summed E-state index contributed by atoms with van der Waals surface area (Å²) in [6.45, 7) is 0. The van der Waals surface area contributed by atoms with Gasteiger partial charge in [-0.15, -0.1) is 0 Å². The fraction of sp³-hybridized carbons (Fsp3) is 0.0667. The third-order valence-corrected chi connectivity index (χ3v) is 3.19. The Morgan fingerprint density at radius 3 is 2.30 bits per heavy atom. The monoisotopic (exact) mass is 321 g/mol. The molecule has 0 atom stereocenters. The van der Waals surface area contributed by atoms with E-state index in [0.717, 1.165) is 12.4 Å². The highest BCUT2D eigenvalue weighted by Gasteiger charge is 2.34. The van der Waals surface area contributed by atoms with Crippen LogP contribution >= 0.6 is 0 Å². The number of aromatic nitrogens is 3. The second kappa shape index (κ2) is 5.38. The summed E-state index contributed by atoms with van der Waals surface area (Å²) in [4.78, 5) is 21.6. The van der Waals surface area contributed by atoms with Gasteiger partial charge < -0.3 is 0 Å². The quantitative estimate of drug-likeness (QED) is 0.534. The molecule has 0 saturated heterocycles. The number of nitrogens with zero attached hydrogens (tertiary/aromatic N) is 3. The van der Waals surface area contributed by atoms with Crippen molar-refractivity contribution in [2.75, 3.05) is 0 Å². The van der Waals surface area contributed by atoms with Crippen LogP contribution in [-0.4, -0.2) is 21.2 Å². The number of rotatable bonds is 2. The summed E-state index contributed by atoms with van der Waals surface area (Å²) in [6.07, 6.45) is -1.20. The molecule has 0 amide bonds. The first-order chi connectivity index (χ1) is 10.9. The molecule has 2 aromatic heterocycles. The van der Waals surface area contributed by atoms with Crippen molar-refractivity contribution in [1.29, 1.82) is 0 Å². The van der Waals surface area contributed by atoms with Crippen LogP contribution in [0, 0.1) is 5.82 Å². The molecule has 1 aromatic carbocycles. The van der Waals surface area contributed by atoms with Crippen LogP contribution in [0.2, 0.25) is 0 Å². The molecule has 0 N–H and O–H groups in total. The Hall–Kier alpha value is -2.90. The number of carbonyl (C=O) groups is 1. The second-order valence-electron chi connectivity index (χ2n) is 4.63. The number of fused-ring (bicyclic) bond motifs is 1. The molecule has 0 fully saturated rings. The van der Waals surface area contributed by atoms with E-state index in [9.17, 15) is 22.4 Å². The zero-order valence-corrected chi connectivity index (χ0v) is 11.3. The van der Waals surface area contributed by atoms with Crippen LogP contribution in [0.25, 0.3) is 22.0 Å². The standard InChI is InChI=1S/C15H7F4N3O/c16-10-2-1-3-11-13(10)12(9(7-23)6-20-11)8-4-21-14(22-5-8)15(17,18)19/h1-7H. The van der Waals surface area contributed by atoms with Gasteiger partial charge in [0.1, 0.15) is 5.82 Å². The summed E-state index contributed by atoms with van der Waals surface area (Å²) >= 11 is 0. The van der Waals surface area contributed by atoms with Crippen molar-refractivity contribution in [1.82, 2.24) is 15.0 Å². The van der Waals surface area contributed by atoms with Crippen LogP contribution in [0.3, 0.4) is 0 Å². The number of pyridine rings is 1. The number of hydrogen-bond donors (Lipinski definition) is 0.